The van der Waals surface area contributed by atoms with Crippen LogP contribution in [0.15, 0.2) is 18.2 Å². The summed E-state index contributed by atoms with van der Waals surface area (Å²) < 4.78 is 5.37. The number of rotatable bonds is 6. The number of benzene rings is 1. The second-order valence-corrected chi connectivity index (χ2v) is 5.81. The topological polar surface area (TPSA) is 76.4 Å². The van der Waals surface area contributed by atoms with E-state index in [1.54, 1.807) is 19.2 Å². The van der Waals surface area contributed by atoms with Gasteiger partial charge in [0, 0.05) is 25.1 Å². The maximum atomic E-state index is 11.1. The zero-order chi connectivity index (χ0) is 15.3. The summed E-state index contributed by atoms with van der Waals surface area (Å²) in [5, 5.41) is 17.7. The third-order valence-electron chi connectivity index (χ3n) is 4.12. The Labute approximate surface area is 125 Å². The van der Waals surface area contributed by atoms with Crippen molar-refractivity contribution in [2.45, 2.75) is 19.8 Å². The Morgan fingerprint density at radius 3 is 2.76 bits per heavy atom. The molecule has 1 saturated heterocycles. The van der Waals surface area contributed by atoms with Crippen molar-refractivity contribution in [3.63, 3.8) is 0 Å². The van der Waals surface area contributed by atoms with E-state index in [9.17, 15) is 10.1 Å². The summed E-state index contributed by atoms with van der Waals surface area (Å²) >= 11 is 0. The van der Waals surface area contributed by atoms with Gasteiger partial charge in [0.1, 0.15) is 5.69 Å². The van der Waals surface area contributed by atoms with E-state index in [1.807, 2.05) is 13.0 Å². The number of anilines is 1. The van der Waals surface area contributed by atoms with Crippen LogP contribution in [-0.4, -0.2) is 38.3 Å². The molecule has 1 aromatic rings. The van der Waals surface area contributed by atoms with Crippen molar-refractivity contribution < 1.29 is 9.66 Å². The summed E-state index contributed by atoms with van der Waals surface area (Å²) in [6.45, 7) is 5.21. The Bertz CT molecular complexity index is 493. The fourth-order valence-corrected chi connectivity index (χ4v) is 2.87. The average molecular weight is 293 g/mol. The van der Waals surface area contributed by atoms with Gasteiger partial charge >= 0.3 is 0 Å². The maximum Gasteiger partial charge on any atom is 0.292 e. The largest absolute Gasteiger partial charge is 0.384 e. The number of hydrogen-bond donors (Lipinski definition) is 2. The molecule has 0 bridgehead atoms. The molecule has 0 unspecified atom stereocenters. The lowest BCUT2D eigenvalue weighted by Crippen LogP contribution is -2.44. The number of nitro benzene ring substituents is 1. The molecule has 1 aliphatic heterocycles. The molecule has 1 heterocycles. The first-order chi connectivity index (χ1) is 10.1. The van der Waals surface area contributed by atoms with E-state index in [-0.39, 0.29) is 16.0 Å². The molecule has 0 radical (unpaired) electrons. The zero-order valence-electron chi connectivity index (χ0n) is 12.6. The third kappa shape index (κ3) is 3.92. The molecule has 116 valence electrons. The SMILES string of the molecule is COCC1(CNc2cc(C)ccc2[N+](=O)[O-])CCNCC1. The molecular weight excluding hydrogens is 270 g/mol. The van der Waals surface area contributed by atoms with Gasteiger partial charge in [0.2, 0.25) is 0 Å². The maximum absolute atomic E-state index is 11.1. The van der Waals surface area contributed by atoms with Crippen LogP contribution in [0.5, 0.6) is 0 Å². The van der Waals surface area contributed by atoms with E-state index < -0.39 is 0 Å². The van der Waals surface area contributed by atoms with Gasteiger partial charge in [-0.2, -0.15) is 0 Å². The molecule has 2 N–H and O–H groups in total. The van der Waals surface area contributed by atoms with Crippen molar-refractivity contribution in [3.05, 3.63) is 33.9 Å². The van der Waals surface area contributed by atoms with Crippen LogP contribution in [0.25, 0.3) is 0 Å². The van der Waals surface area contributed by atoms with Gasteiger partial charge in [0.05, 0.1) is 11.5 Å². The standard InChI is InChI=1S/C15H23N3O3/c1-12-3-4-14(18(19)20)13(9-12)17-10-15(11-21-2)5-7-16-8-6-15/h3-4,9,16-17H,5-8,10-11H2,1-2H3. The number of hydrogen-bond acceptors (Lipinski definition) is 5. The van der Waals surface area contributed by atoms with Crippen LogP contribution >= 0.6 is 0 Å². The van der Waals surface area contributed by atoms with E-state index >= 15 is 0 Å². The normalized spacial score (nSPS) is 17.4. The van der Waals surface area contributed by atoms with Gasteiger partial charge in [-0.05, 0) is 44.5 Å². The summed E-state index contributed by atoms with van der Waals surface area (Å²) in [6.07, 6.45) is 2.01. The fourth-order valence-electron chi connectivity index (χ4n) is 2.87. The fraction of sp³-hybridized carbons (Fsp3) is 0.600. The van der Waals surface area contributed by atoms with Crippen LogP contribution in [0.4, 0.5) is 11.4 Å². The number of nitrogens with one attached hydrogen (secondary N) is 2. The van der Waals surface area contributed by atoms with Crippen molar-refractivity contribution in [2.24, 2.45) is 5.41 Å². The van der Waals surface area contributed by atoms with Gasteiger partial charge in [-0.1, -0.05) is 6.07 Å². The number of piperidine rings is 1. The molecule has 1 aromatic carbocycles. The summed E-state index contributed by atoms with van der Waals surface area (Å²) in [4.78, 5) is 10.8. The lowest BCUT2D eigenvalue weighted by Gasteiger charge is -2.37. The van der Waals surface area contributed by atoms with Gasteiger partial charge in [0.25, 0.3) is 5.69 Å². The summed E-state index contributed by atoms with van der Waals surface area (Å²) in [7, 11) is 1.71. The Morgan fingerprint density at radius 2 is 2.14 bits per heavy atom. The number of nitro groups is 1. The molecule has 0 aromatic heterocycles. The minimum absolute atomic E-state index is 0.0393. The van der Waals surface area contributed by atoms with Crippen molar-refractivity contribution >= 4 is 11.4 Å². The number of methoxy groups -OCH3 is 1. The van der Waals surface area contributed by atoms with Crippen molar-refractivity contribution in [1.29, 1.82) is 0 Å². The summed E-state index contributed by atoms with van der Waals surface area (Å²) in [5.41, 5.74) is 1.77. The van der Waals surface area contributed by atoms with Crippen molar-refractivity contribution in [3.8, 4) is 0 Å². The van der Waals surface area contributed by atoms with Crippen LogP contribution in [0.1, 0.15) is 18.4 Å². The smallest absolute Gasteiger partial charge is 0.292 e. The molecule has 0 spiro atoms. The molecule has 21 heavy (non-hydrogen) atoms. The monoisotopic (exact) mass is 293 g/mol. The first kappa shape index (κ1) is 15.7. The van der Waals surface area contributed by atoms with E-state index in [2.05, 4.69) is 10.6 Å². The van der Waals surface area contributed by atoms with Gasteiger partial charge in [-0.3, -0.25) is 10.1 Å². The lowest BCUT2D eigenvalue weighted by molar-refractivity contribution is -0.384. The summed E-state index contributed by atoms with van der Waals surface area (Å²) in [6, 6.07) is 5.15. The Hall–Kier alpha value is -1.66. The molecular formula is C15H23N3O3. The van der Waals surface area contributed by atoms with E-state index in [0.29, 0.717) is 18.8 Å². The second kappa shape index (κ2) is 6.87. The molecule has 6 heteroatoms. The predicted molar refractivity (Wildman–Crippen MR) is 82.7 cm³/mol. The highest BCUT2D eigenvalue weighted by molar-refractivity contribution is 5.62. The van der Waals surface area contributed by atoms with Crippen molar-refractivity contribution in [2.75, 3.05) is 38.7 Å². The van der Waals surface area contributed by atoms with Gasteiger partial charge in [-0.15, -0.1) is 0 Å². The minimum atomic E-state index is -0.340. The van der Waals surface area contributed by atoms with Crippen LogP contribution < -0.4 is 10.6 Å². The lowest BCUT2D eigenvalue weighted by atomic mass is 9.79. The number of nitrogens with zero attached hydrogens (tertiary/aromatic N) is 1. The van der Waals surface area contributed by atoms with Gasteiger partial charge in [0.15, 0.2) is 0 Å². The van der Waals surface area contributed by atoms with E-state index in [4.69, 9.17) is 4.74 Å². The Kier molecular flexibility index (Phi) is 5.14. The zero-order valence-corrected chi connectivity index (χ0v) is 12.6. The predicted octanol–water partition coefficient (Wildman–Crippen LogP) is 2.33. The Morgan fingerprint density at radius 1 is 1.43 bits per heavy atom. The van der Waals surface area contributed by atoms with E-state index in [1.165, 1.54) is 0 Å². The quantitative estimate of drug-likeness (QED) is 0.622. The van der Waals surface area contributed by atoms with Crippen LogP contribution in [0.3, 0.4) is 0 Å². The molecule has 0 atom stereocenters. The van der Waals surface area contributed by atoms with Crippen LogP contribution in [0, 0.1) is 22.5 Å². The third-order valence-corrected chi connectivity index (χ3v) is 4.12. The second-order valence-electron chi connectivity index (χ2n) is 5.81. The first-order valence-electron chi connectivity index (χ1n) is 7.25. The van der Waals surface area contributed by atoms with Crippen molar-refractivity contribution in [1.82, 2.24) is 5.32 Å². The Balaban J connectivity index is 2.13. The highest BCUT2D eigenvalue weighted by atomic mass is 16.6. The molecule has 0 saturated carbocycles. The number of aryl methyl sites for hydroxylation is 1. The number of ether oxygens (including phenoxy) is 1. The molecule has 2 rings (SSSR count). The molecule has 0 aliphatic carbocycles. The average Bonchev–Trinajstić information content (AvgIpc) is 2.46. The summed E-state index contributed by atoms with van der Waals surface area (Å²) in [5.74, 6) is 0. The van der Waals surface area contributed by atoms with Gasteiger partial charge < -0.3 is 15.4 Å². The molecule has 6 nitrogen and oxygen atoms in total. The first-order valence-corrected chi connectivity index (χ1v) is 7.25. The minimum Gasteiger partial charge on any atom is -0.384 e. The highest BCUT2D eigenvalue weighted by Gasteiger charge is 2.32. The van der Waals surface area contributed by atoms with Crippen LogP contribution in [0.2, 0.25) is 0 Å². The van der Waals surface area contributed by atoms with Crippen LogP contribution in [-0.2, 0) is 4.74 Å². The molecule has 1 fully saturated rings. The van der Waals surface area contributed by atoms with Gasteiger partial charge in [-0.25, -0.2) is 0 Å². The van der Waals surface area contributed by atoms with E-state index in [0.717, 1.165) is 31.5 Å². The molecule has 0 amide bonds. The molecule has 1 aliphatic rings. The highest BCUT2D eigenvalue weighted by Crippen LogP contribution is 2.32.